The van der Waals surface area contributed by atoms with Crippen LogP contribution in [0, 0.1) is 0 Å². The second-order valence-electron chi connectivity index (χ2n) is 8.40. The molecule has 3 rings (SSSR count). The summed E-state index contributed by atoms with van der Waals surface area (Å²) in [5.74, 6) is 0. The van der Waals surface area contributed by atoms with Crippen LogP contribution in [-0.4, -0.2) is 22.7 Å². The van der Waals surface area contributed by atoms with Gasteiger partial charge in [0.05, 0.1) is 11.0 Å². The highest BCUT2D eigenvalue weighted by molar-refractivity contribution is 7.97. The molecule has 0 spiro atoms. The van der Waals surface area contributed by atoms with Crippen LogP contribution in [0.5, 0.6) is 0 Å². The number of nitrogens with one attached hydrogen (secondary N) is 2. The summed E-state index contributed by atoms with van der Waals surface area (Å²) in [5.41, 5.74) is 9.20. The zero-order valence-electron chi connectivity index (χ0n) is 20.4. The van der Waals surface area contributed by atoms with Gasteiger partial charge in [0.2, 0.25) is 0 Å². The Morgan fingerprint density at radius 2 is 1.79 bits per heavy atom. The first-order chi connectivity index (χ1) is 15.6. The van der Waals surface area contributed by atoms with E-state index in [0.717, 1.165) is 31.6 Å². The summed E-state index contributed by atoms with van der Waals surface area (Å²) in [6, 6.07) is 13.5. The van der Waals surface area contributed by atoms with E-state index in [1.165, 1.54) is 11.9 Å². The minimum absolute atomic E-state index is 0.0834. The third-order valence-electron chi connectivity index (χ3n) is 3.97. The molecular weight excluding hydrogens is 452 g/mol. The molecule has 178 valence electrons. The number of hydrogen-bond acceptors (Lipinski definition) is 7. The Balaban J connectivity index is 0.00000187. The van der Waals surface area contributed by atoms with Crippen LogP contribution in [0.15, 0.2) is 53.6 Å². The monoisotopic (exact) mass is 486 g/mol. The van der Waals surface area contributed by atoms with Crippen molar-refractivity contribution in [3.05, 3.63) is 48.7 Å². The minimum Gasteiger partial charge on any atom is -0.447 e. The molecule has 2 aromatic carbocycles. The van der Waals surface area contributed by atoms with Crippen molar-refractivity contribution in [1.82, 2.24) is 9.71 Å². The Labute approximate surface area is 205 Å². The van der Waals surface area contributed by atoms with Crippen LogP contribution >= 0.6 is 23.3 Å². The fraction of sp³-hybridized carbons (Fsp3) is 0.360. The highest BCUT2D eigenvalue weighted by Crippen LogP contribution is 2.38. The number of ether oxygens (including phenoxy) is 1. The highest BCUT2D eigenvalue weighted by atomic mass is 32.2. The summed E-state index contributed by atoms with van der Waals surface area (Å²) in [7, 11) is 0. The summed E-state index contributed by atoms with van der Waals surface area (Å²) in [6.07, 6.45) is 1.23. The Morgan fingerprint density at radius 3 is 2.39 bits per heavy atom. The topological polar surface area (TPSA) is 89.3 Å². The van der Waals surface area contributed by atoms with Crippen LogP contribution < -0.4 is 15.8 Å². The molecule has 0 bridgehead atoms. The zero-order chi connectivity index (χ0) is 24.6. The van der Waals surface area contributed by atoms with Crippen molar-refractivity contribution in [3.63, 3.8) is 0 Å². The van der Waals surface area contributed by atoms with Gasteiger partial charge in [0.25, 0.3) is 0 Å². The second kappa shape index (κ2) is 12.1. The van der Waals surface area contributed by atoms with E-state index in [0.29, 0.717) is 5.69 Å². The van der Waals surface area contributed by atoms with E-state index in [9.17, 15) is 4.79 Å². The number of rotatable bonds is 6. The van der Waals surface area contributed by atoms with E-state index >= 15 is 0 Å². The maximum atomic E-state index is 12.0. The van der Waals surface area contributed by atoms with Gasteiger partial charge in [-0.05, 0) is 82.5 Å². The van der Waals surface area contributed by atoms with Gasteiger partial charge in [-0.1, -0.05) is 26.0 Å². The standard InChI is InChI=1S/C23H28N4O2S2.C2H6/c1-14(2)29-22(28)26-17-10-11-18(19(12-17)31-27-23(3,4)5)21-25-13-20(30-21)15-6-8-16(24)9-7-15;1-2/h6-14,27H,24H2,1-5H3,(H,26,28);1-2H3. The lowest BCUT2D eigenvalue weighted by molar-refractivity contribution is 0.130. The molecule has 0 saturated heterocycles. The number of anilines is 2. The first-order valence-electron chi connectivity index (χ1n) is 11.0. The molecule has 1 amide bonds. The largest absolute Gasteiger partial charge is 0.447 e. The van der Waals surface area contributed by atoms with Gasteiger partial charge in [-0.25, -0.2) is 9.78 Å². The molecule has 0 fully saturated rings. The van der Waals surface area contributed by atoms with Crippen molar-refractivity contribution in [1.29, 1.82) is 0 Å². The molecule has 1 aromatic heterocycles. The molecule has 0 saturated carbocycles. The third kappa shape index (κ3) is 8.38. The molecule has 0 aliphatic heterocycles. The molecular formula is C25H34N4O2S2. The Morgan fingerprint density at radius 1 is 1.12 bits per heavy atom. The van der Waals surface area contributed by atoms with Crippen molar-refractivity contribution < 1.29 is 9.53 Å². The fourth-order valence-corrected chi connectivity index (χ4v) is 4.51. The van der Waals surface area contributed by atoms with Gasteiger partial charge in [-0.15, -0.1) is 11.3 Å². The highest BCUT2D eigenvalue weighted by Gasteiger charge is 2.16. The average molecular weight is 487 g/mol. The normalized spacial score (nSPS) is 11.0. The number of amides is 1. The van der Waals surface area contributed by atoms with Crippen LogP contribution in [0.4, 0.5) is 16.2 Å². The molecule has 0 radical (unpaired) electrons. The summed E-state index contributed by atoms with van der Waals surface area (Å²) in [4.78, 5) is 18.7. The van der Waals surface area contributed by atoms with Crippen LogP contribution in [0.1, 0.15) is 48.5 Å². The number of nitrogen functional groups attached to an aromatic ring is 1. The SMILES string of the molecule is CC.CC(C)OC(=O)Nc1ccc(-c2ncc(-c3ccc(N)cc3)s2)c(SNC(C)(C)C)c1. The number of hydrogen-bond donors (Lipinski definition) is 3. The van der Waals surface area contributed by atoms with Crippen molar-refractivity contribution >= 4 is 40.8 Å². The van der Waals surface area contributed by atoms with E-state index in [1.807, 2.05) is 76.4 Å². The number of nitrogens with zero attached hydrogens (tertiary/aromatic N) is 1. The summed E-state index contributed by atoms with van der Waals surface area (Å²) in [6.45, 7) is 13.9. The first kappa shape index (κ1) is 26.7. The number of carbonyl (C=O) groups excluding carboxylic acids is 1. The van der Waals surface area contributed by atoms with Crippen LogP contribution in [0.25, 0.3) is 21.0 Å². The quantitative estimate of drug-likeness (QED) is 0.248. The molecule has 1 heterocycles. The van der Waals surface area contributed by atoms with E-state index in [1.54, 1.807) is 11.3 Å². The number of carbonyl (C=O) groups is 1. The van der Waals surface area contributed by atoms with Gasteiger partial charge in [-0.2, -0.15) is 0 Å². The smallest absolute Gasteiger partial charge is 0.411 e. The van der Waals surface area contributed by atoms with Gasteiger partial charge in [-0.3, -0.25) is 10.0 Å². The van der Waals surface area contributed by atoms with Gasteiger partial charge >= 0.3 is 6.09 Å². The predicted molar refractivity (Wildman–Crippen MR) is 143 cm³/mol. The van der Waals surface area contributed by atoms with E-state index < -0.39 is 6.09 Å². The molecule has 33 heavy (non-hydrogen) atoms. The van der Waals surface area contributed by atoms with E-state index in [2.05, 4.69) is 35.8 Å². The van der Waals surface area contributed by atoms with Gasteiger partial charge in [0.15, 0.2) is 0 Å². The number of nitrogens with two attached hydrogens (primary N) is 1. The Bertz CT molecular complexity index is 1040. The van der Waals surface area contributed by atoms with Gasteiger partial charge in [0.1, 0.15) is 5.01 Å². The van der Waals surface area contributed by atoms with E-state index in [4.69, 9.17) is 10.5 Å². The van der Waals surface area contributed by atoms with Crippen molar-refractivity contribution in [3.8, 4) is 21.0 Å². The lowest BCUT2D eigenvalue weighted by atomic mass is 10.1. The molecule has 0 aliphatic carbocycles. The summed E-state index contributed by atoms with van der Waals surface area (Å²) in [5, 5.41) is 3.70. The lowest BCUT2D eigenvalue weighted by Crippen LogP contribution is -2.29. The van der Waals surface area contributed by atoms with Crippen LogP contribution in [0.2, 0.25) is 0 Å². The van der Waals surface area contributed by atoms with Gasteiger partial charge in [0, 0.05) is 33.6 Å². The second-order valence-corrected chi connectivity index (χ2v) is 10.3. The van der Waals surface area contributed by atoms with E-state index in [-0.39, 0.29) is 11.6 Å². The number of aromatic nitrogens is 1. The molecule has 8 heteroatoms. The Kier molecular flexibility index (Phi) is 9.76. The number of thiazole rings is 1. The summed E-state index contributed by atoms with van der Waals surface area (Å²) < 4.78 is 8.63. The molecule has 4 N–H and O–H groups in total. The molecule has 3 aromatic rings. The Hall–Kier alpha value is -2.55. The van der Waals surface area contributed by atoms with Gasteiger partial charge < -0.3 is 10.5 Å². The molecule has 0 aliphatic rings. The zero-order valence-corrected chi connectivity index (χ0v) is 22.0. The van der Waals surface area contributed by atoms with Crippen LogP contribution in [0.3, 0.4) is 0 Å². The fourth-order valence-electron chi connectivity index (χ4n) is 2.61. The lowest BCUT2D eigenvalue weighted by Gasteiger charge is -2.20. The van der Waals surface area contributed by atoms with Crippen LogP contribution in [-0.2, 0) is 4.74 Å². The average Bonchev–Trinajstić information content (AvgIpc) is 3.23. The van der Waals surface area contributed by atoms with Crippen molar-refractivity contribution in [2.24, 2.45) is 0 Å². The molecule has 0 atom stereocenters. The minimum atomic E-state index is -0.470. The van der Waals surface area contributed by atoms with Crippen molar-refractivity contribution in [2.75, 3.05) is 11.1 Å². The van der Waals surface area contributed by atoms with Crippen molar-refractivity contribution in [2.45, 2.75) is 65.0 Å². The number of benzene rings is 2. The predicted octanol–water partition coefficient (Wildman–Crippen LogP) is 7.44. The first-order valence-corrected chi connectivity index (χ1v) is 12.6. The molecule has 0 unspecified atom stereocenters. The maximum Gasteiger partial charge on any atom is 0.411 e. The summed E-state index contributed by atoms with van der Waals surface area (Å²) >= 11 is 3.13. The molecule has 6 nitrogen and oxygen atoms in total. The maximum absolute atomic E-state index is 12.0. The third-order valence-corrected chi connectivity index (χ3v) is 6.32.